The summed E-state index contributed by atoms with van der Waals surface area (Å²) in [5.74, 6) is -0.267. The lowest BCUT2D eigenvalue weighted by Crippen LogP contribution is -2.39. The lowest BCUT2D eigenvalue weighted by Gasteiger charge is -2.09. The van der Waals surface area contributed by atoms with Gasteiger partial charge >= 0.3 is 6.03 Å². The Morgan fingerprint density at radius 2 is 1.61 bits per heavy atom. The van der Waals surface area contributed by atoms with E-state index < -0.39 is 0 Å². The predicted molar refractivity (Wildman–Crippen MR) is 99.2 cm³/mol. The highest BCUT2D eigenvalue weighted by Gasteiger charge is 2.05. The molecule has 0 aliphatic carbocycles. The monoisotopic (exact) mass is 423 g/mol. The zero-order valence-corrected chi connectivity index (χ0v) is 14.9. The largest absolute Gasteiger partial charge is 0.334 e. The van der Waals surface area contributed by atoms with Crippen molar-refractivity contribution in [1.29, 1.82) is 0 Å². The predicted octanol–water partition coefficient (Wildman–Crippen LogP) is 3.04. The molecule has 0 heterocycles. The standard InChI is InChI=1S/C17H18IN3O2/c1-12-2-4-13(5-3-12)10-19-17(23)20-11-16(22)21-15-8-6-14(18)7-9-15/h2-9H,10-11H2,1H3,(H,21,22)(H2,19,20,23). The molecule has 2 aromatic rings. The Morgan fingerprint density at radius 3 is 2.26 bits per heavy atom. The Morgan fingerprint density at radius 1 is 0.957 bits per heavy atom. The van der Waals surface area contributed by atoms with Crippen LogP contribution < -0.4 is 16.0 Å². The summed E-state index contributed by atoms with van der Waals surface area (Å²) in [7, 11) is 0. The third-order valence-corrected chi connectivity index (χ3v) is 3.83. The van der Waals surface area contributed by atoms with Gasteiger partial charge in [-0.25, -0.2) is 4.79 Å². The van der Waals surface area contributed by atoms with Crippen molar-refractivity contribution in [3.8, 4) is 0 Å². The minimum atomic E-state index is -0.372. The molecule has 3 amide bonds. The molecule has 0 aliphatic heterocycles. The van der Waals surface area contributed by atoms with Crippen LogP contribution in [0.2, 0.25) is 0 Å². The fraction of sp³-hybridized carbons (Fsp3) is 0.176. The van der Waals surface area contributed by atoms with Gasteiger partial charge in [0.1, 0.15) is 0 Å². The number of halogens is 1. The summed E-state index contributed by atoms with van der Waals surface area (Å²) >= 11 is 2.19. The third kappa shape index (κ3) is 6.27. The molecule has 2 rings (SSSR count). The molecule has 0 fully saturated rings. The molecule has 120 valence electrons. The smallest absolute Gasteiger partial charge is 0.315 e. The van der Waals surface area contributed by atoms with E-state index in [1.165, 1.54) is 5.56 Å². The topological polar surface area (TPSA) is 70.2 Å². The number of hydrogen-bond donors (Lipinski definition) is 3. The van der Waals surface area contributed by atoms with Crippen LogP contribution in [0.15, 0.2) is 48.5 Å². The first-order chi connectivity index (χ1) is 11.0. The summed E-state index contributed by atoms with van der Waals surface area (Å²) in [6, 6.07) is 15.0. The molecule has 0 atom stereocenters. The summed E-state index contributed by atoms with van der Waals surface area (Å²) in [6.07, 6.45) is 0. The maximum Gasteiger partial charge on any atom is 0.315 e. The number of carbonyl (C=O) groups excluding carboxylic acids is 2. The molecular weight excluding hydrogens is 405 g/mol. The van der Waals surface area contributed by atoms with Gasteiger partial charge < -0.3 is 16.0 Å². The first kappa shape index (κ1) is 17.3. The lowest BCUT2D eigenvalue weighted by atomic mass is 10.1. The van der Waals surface area contributed by atoms with Gasteiger partial charge in [0.25, 0.3) is 0 Å². The molecule has 23 heavy (non-hydrogen) atoms. The minimum absolute atomic E-state index is 0.0777. The fourth-order valence-corrected chi connectivity index (χ4v) is 2.21. The lowest BCUT2D eigenvalue weighted by molar-refractivity contribution is -0.115. The number of benzene rings is 2. The third-order valence-electron chi connectivity index (χ3n) is 3.11. The van der Waals surface area contributed by atoms with Gasteiger partial charge in [-0.15, -0.1) is 0 Å². The van der Waals surface area contributed by atoms with Crippen molar-refractivity contribution in [1.82, 2.24) is 10.6 Å². The number of urea groups is 1. The van der Waals surface area contributed by atoms with Gasteiger partial charge in [-0.3, -0.25) is 4.79 Å². The number of rotatable bonds is 5. The van der Waals surface area contributed by atoms with Crippen molar-refractivity contribution in [2.45, 2.75) is 13.5 Å². The molecular formula is C17H18IN3O2. The summed E-state index contributed by atoms with van der Waals surface area (Å²) in [5, 5.41) is 7.97. The van der Waals surface area contributed by atoms with Crippen molar-refractivity contribution >= 4 is 40.2 Å². The first-order valence-corrected chi connectivity index (χ1v) is 8.23. The maximum absolute atomic E-state index is 11.8. The Bertz CT molecular complexity index is 669. The molecule has 5 nitrogen and oxygen atoms in total. The van der Waals surface area contributed by atoms with Gasteiger partial charge in [0, 0.05) is 15.8 Å². The van der Waals surface area contributed by atoms with E-state index in [1.807, 2.05) is 55.5 Å². The van der Waals surface area contributed by atoms with Gasteiger partial charge in [-0.2, -0.15) is 0 Å². The number of hydrogen-bond acceptors (Lipinski definition) is 2. The van der Waals surface area contributed by atoms with Crippen LogP contribution in [0, 0.1) is 10.5 Å². The SMILES string of the molecule is Cc1ccc(CNC(=O)NCC(=O)Nc2ccc(I)cc2)cc1. The highest BCUT2D eigenvalue weighted by molar-refractivity contribution is 14.1. The Hall–Kier alpha value is -2.09. The normalized spacial score (nSPS) is 10.0. The van der Waals surface area contributed by atoms with Crippen LogP contribution in [0.3, 0.4) is 0 Å². The molecule has 6 heteroatoms. The van der Waals surface area contributed by atoms with Gasteiger partial charge in [0.15, 0.2) is 0 Å². The summed E-state index contributed by atoms with van der Waals surface area (Å²) < 4.78 is 1.09. The van der Waals surface area contributed by atoms with Gasteiger partial charge in [0.2, 0.25) is 5.91 Å². The Kier molecular flexibility index (Phi) is 6.40. The quantitative estimate of drug-likeness (QED) is 0.648. The minimum Gasteiger partial charge on any atom is -0.334 e. The number of anilines is 1. The molecule has 0 radical (unpaired) electrons. The van der Waals surface area contributed by atoms with Crippen LogP contribution in [-0.4, -0.2) is 18.5 Å². The molecule has 0 aromatic heterocycles. The summed E-state index contributed by atoms with van der Waals surface area (Å²) in [6.45, 7) is 2.35. The van der Waals surface area contributed by atoms with E-state index in [0.29, 0.717) is 12.2 Å². The highest BCUT2D eigenvalue weighted by atomic mass is 127. The second kappa shape index (κ2) is 8.52. The molecule has 3 N–H and O–H groups in total. The van der Waals surface area contributed by atoms with E-state index >= 15 is 0 Å². The summed E-state index contributed by atoms with van der Waals surface area (Å²) in [5.41, 5.74) is 2.89. The summed E-state index contributed by atoms with van der Waals surface area (Å²) in [4.78, 5) is 23.4. The van der Waals surface area contributed by atoms with Crippen molar-refractivity contribution in [2.75, 3.05) is 11.9 Å². The molecule has 0 bridgehead atoms. The zero-order valence-electron chi connectivity index (χ0n) is 12.7. The second-order valence-electron chi connectivity index (χ2n) is 5.08. The van der Waals surface area contributed by atoms with Crippen LogP contribution in [0.1, 0.15) is 11.1 Å². The van der Waals surface area contributed by atoms with E-state index in [0.717, 1.165) is 9.13 Å². The molecule has 0 saturated carbocycles. The van der Waals surface area contributed by atoms with Crippen LogP contribution in [0.25, 0.3) is 0 Å². The molecule has 2 aromatic carbocycles. The van der Waals surface area contributed by atoms with Crippen LogP contribution in [0.5, 0.6) is 0 Å². The fourth-order valence-electron chi connectivity index (χ4n) is 1.85. The van der Waals surface area contributed by atoms with Gasteiger partial charge in [-0.05, 0) is 59.3 Å². The molecule has 0 spiro atoms. The van der Waals surface area contributed by atoms with Crippen molar-refractivity contribution in [2.24, 2.45) is 0 Å². The molecule has 0 aliphatic rings. The van der Waals surface area contributed by atoms with Crippen molar-refractivity contribution < 1.29 is 9.59 Å². The van der Waals surface area contributed by atoms with E-state index in [4.69, 9.17) is 0 Å². The van der Waals surface area contributed by atoms with Gasteiger partial charge in [-0.1, -0.05) is 29.8 Å². The second-order valence-corrected chi connectivity index (χ2v) is 6.32. The van der Waals surface area contributed by atoms with E-state index in [1.54, 1.807) is 0 Å². The average molecular weight is 423 g/mol. The molecule has 0 unspecified atom stereocenters. The van der Waals surface area contributed by atoms with E-state index in [9.17, 15) is 9.59 Å². The number of amides is 3. The van der Waals surface area contributed by atoms with E-state index in [2.05, 4.69) is 38.5 Å². The number of aryl methyl sites for hydroxylation is 1. The van der Waals surface area contributed by atoms with Crippen molar-refractivity contribution in [3.05, 3.63) is 63.2 Å². The highest BCUT2D eigenvalue weighted by Crippen LogP contribution is 2.10. The van der Waals surface area contributed by atoms with Crippen LogP contribution in [-0.2, 0) is 11.3 Å². The number of nitrogens with one attached hydrogen (secondary N) is 3. The van der Waals surface area contributed by atoms with Crippen LogP contribution in [0.4, 0.5) is 10.5 Å². The van der Waals surface area contributed by atoms with Crippen molar-refractivity contribution in [3.63, 3.8) is 0 Å². The first-order valence-electron chi connectivity index (χ1n) is 7.15. The average Bonchev–Trinajstić information content (AvgIpc) is 2.54. The maximum atomic E-state index is 11.8. The Labute approximate surface area is 149 Å². The Balaban J connectivity index is 1.70. The number of carbonyl (C=O) groups is 2. The van der Waals surface area contributed by atoms with Crippen LogP contribution >= 0.6 is 22.6 Å². The van der Waals surface area contributed by atoms with E-state index in [-0.39, 0.29) is 18.5 Å². The zero-order chi connectivity index (χ0) is 16.7. The van der Waals surface area contributed by atoms with Gasteiger partial charge in [0.05, 0.1) is 6.54 Å². The molecule has 0 saturated heterocycles.